The van der Waals surface area contributed by atoms with Crippen LogP contribution in [0.3, 0.4) is 0 Å². The maximum absolute atomic E-state index is 10.9. The Balaban J connectivity index is 2.60. The van der Waals surface area contributed by atoms with E-state index in [1.165, 1.54) is 12.1 Å². The lowest BCUT2D eigenvalue weighted by Gasteiger charge is -1.96. The van der Waals surface area contributed by atoms with Gasteiger partial charge in [0.1, 0.15) is 0 Å². The molecule has 1 amide bonds. The van der Waals surface area contributed by atoms with Crippen LogP contribution in [-0.2, 0) is 18.3 Å². The Bertz CT molecular complexity index is 616. The van der Waals surface area contributed by atoms with E-state index in [4.69, 9.17) is 5.73 Å². The van der Waals surface area contributed by atoms with E-state index in [0.717, 1.165) is 16.5 Å². The number of non-ortho nitro benzene ring substituents is 1. The van der Waals surface area contributed by atoms with Crippen LogP contribution in [-0.4, -0.2) is 15.4 Å². The van der Waals surface area contributed by atoms with Crippen molar-refractivity contribution in [2.45, 2.75) is 6.42 Å². The lowest BCUT2D eigenvalue weighted by atomic mass is 10.1. The van der Waals surface area contributed by atoms with Gasteiger partial charge in [0, 0.05) is 30.8 Å². The average Bonchev–Trinajstić information content (AvgIpc) is 2.54. The van der Waals surface area contributed by atoms with Crippen molar-refractivity contribution in [2.75, 3.05) is 0 Å². The second-order valence-corrected chi connectivity index (χ2v) is 3.87. The Labute approximate surface area is 96.8 Å². The molecule has 2 rings (SSSR count). The van der Waals surface area contributed by atoms with E-state index in [0.29, 0.717) is 0 Å². The van der Waals surface area contributed by atoms with Crippen LogP contribution in [0.5, 0.6) is 0 Å². The van der Waals surface area contributed by atoms with Gasteiger partial charge in [-0.05, 0) is 11.6 Å². The fraction of sp³-hybridized carbons (Fsp3) is 0.182. The second kappa shape index (κ2) is 3.89. The Morgan fingerprint density at radius 3 is 2.82 bits per heavy atom. The van der Waals surface area contributed by atoms with Crippen LogP contribution in [0, 0.1) is 10.1 Å². The molecule has 1 aromatic carbocycles. The molecule has 0 unspecified atom stereocenters. The van der Waals surface area contributed by atoms with Gasteiger partial charge in [0.05, 0.1) is 16.9 Å². The maximum atomic E-state index is 10.9. The normalized spacial score (nSPS) is 10.6. The zero-order valence-corrected chi connectivity index (χ0v) is 9.21. The number of nitro benzene ring substituents is 1. The first-order chi connectivity index (χ1) is 7.99. The fourth-order valence-corrected chi connectivity index (χ4v) is 1.90. The van der Waals surface area contributed by atoms with E-state index in [1.807, 2.05) is 0 Å². The molecule has 0 saturated carbocycles. The molecule has 0 atom stereocenters. The lowest BCUT2D eigenvalue weighted by molar-refractivity contribution is -0.384. The number of benzene rings is 1. The van der Waals surface area contributed by atoms with Crippen molar-refractivity contribution in [1.29, 1.82) is 0 Å². The summed E-state index contributed by atoms with van der Waals surface area (Å²) in [5.41, 5.74) is 6.68. The van der Waals surface area contributed by atoms with E-state index in [1.54, 1.807) is 23.9 Å². The number of carbonyl (C=O) groups is 1. The summed E-state index contributed by atoms with van der Waals surface area (Å²) in [6, 6.07) is 4.55. The maximum Gasteiger partial charge on any atom is 0.271 e. The quantitative estimate of drug-likeness (QED) is 0.636. The molecule has 0 fully saturated rings. The van der Waals surface area contributed by atoms with Gasteiger partial charge in [-0.2, -0.15) is 0 Å². The highest BCUT2D eigenvalue weighted by molar-refractivity contribution is 5.90. The summed E-state index contributed by atoms with van der Waals surface area (Å²) in [4.78, 5) is 21.1. The SMILES string of the molecule is Cn1cc(CC(N)=O)c2ccc([N+](=O)[O-])cc21. The van der Waals surface area contributed by atoms with Gasteiger partial charge >= 0.3 is 0 Å². The summed E-state index contributed by atoms with van der Waals surface area (Å²) in [5.74, 6) is -0.421. The number of nitrogens with two attached hydrogens (primary N) is 1. The summed E-state index contributed by atoms with van der Waals surface area (Å²) < 4.78 is 1.75. The first-order valence-electron chi connectivity index (χ1n) is 4.99. The Morgan fingerprint density at radius 2 is 2.24 bits per heavy atom. The molecule has 6 heteroatoms. The van der Waals surface area contributed by atoms with E-state index in [2.05, 4.69) is 0 Å². The van der Waals surface area contributed by atoms with Crippen LogP contribution in [0.1, 0.15) is 5.56 Å². The first kappa shape index (κ1) is 11.1. The molecule has 0 aliphatic heterocycles. The molecule has 0 spiro atoms. The van der Waals surface area contributed by atoms with Gasteiger partial charge in [0.25, 0.3) is 5.69 Å². The molecule has 0 aliphatic carbocycles. The number of carbonyl (C=O) groups excluding carboxylic acids is 1. The smallest absolute Gasteiger partial charge is 0.271 e. The summed E-state index contributed by atoms with van der Waals surface area (Å²) in [6.07, 6.45) is 1.90. The molecular formula is C11H11N3O3. The molecule has 0 radical (unpaired) electrons. The zero-order chi connectivity index (χ0) is 12.6. The van der Waals surface area contributed by atoms with Crippen LogP contribution < -0.4 is 5.73 Å². The van der Waals surface area contributed by atoms with Crippen molar-refractivity contribution in [3.05, 3.63) is 40.1 Å². The van der Waals surface area contributed by atoms with Crippen molar-refractivity contribution in [3.8, 4) is 0 Å². The Hall–Kier alpha value is -2.37. The van der Waals surface area contributed by atoms with Crippen molar-refractivity contribution in [3.63, 3.8) is 0 Å². The summed E-state index contributed by atoms with van der Waals surface area (Å²) in [7, 11) is 1.77. The van der Waals surface area contributed by atoms with E-state index < -0.39 is 10.8 Å². The molecule has 2 N–H and O–H groups in total. The van der Waals surface area contributed by atoms with Gasteiger partial charge in [0.15, 0.2) is 0 Å². The second-order valence-electron chi connectivity index (χ2n) is 3.87. The third kappa shape index (κ3) is 1.96. The van der Waals surface area contributed by atoms with Gasteiger partial charge in [-0.1, -0.05) is 0 Å². The van der Waals surface area contributed by atoms with Gasteiger partial charge < -0.3 is 10.3 Å². The van der Waals surface area contributed by atoms with E-state index in [-0.39, 0.29) is 12.1 Å². The molecule has 88 valence electrons. The first-order valence-corrected chi connectivity index (χ1v) is 4.99. The molecule has 1 heterocycles. The summed E-state index contributed by atoms with van der Waals surface area (Å²) in [5, 5.41) is 11.5. The molecule has 17 heavy (non-hydrogen) atoms. The molecule has 1 aromatic heterocycles. The highest BCUT2D eigenvalue weighted by Crippen LogP contribution is 2.25. The topological polar surface area (TPSA) is 91.2 Å². The number of fused-ring (bicyclic) bond motifs is 1. The van der Waals surface area contributed by atoms with Gasteiger partial charge in [-0.25, -0.2) is 0 Å². The molecule has 0 saturated heterocycles. The van der Waals surface area contributed by atoms with Crippen molar-refractivity contribution >= 4 is 22.5 Å². The van der Waals surface area contributed by atoms with Crippen LogP contribution in [0.15, 0.2) is 24.4 Å². The lowest BCUT2D eigenvalue weighted by Crippen LogP contribution is -2.13. The van der Waals surface area contributed by atoms with Crippen LogP contribution >= 0.6 is 0 Å². The number of aromatic nitrogens is 1. The number of nitrogens with zero attached hydrogens (tertiary/aromatic N) is 2. The fourth-order valence-electron chi connectivity index (χ4n) is 1.90. The van der Waals surface area contributed by atoms with Crippen molar-refractivity contribution < 1.29 is 9.72 Å². The predicted octanol–water partition coefficient (Wildman–Crippen LogP) is 1.11. The minimum Gasteiger partial charge on any atom is -0.369 e. The minimum atomic E-state index is -0.444. The number of nitro groups is 1. The third-order valence-corrected chi connectivity index (χ3v) is 2.63. The van der Waals surface area contributed by atoms with Crippen LogP contribution in [0.4, 0.5) is 5.69 Å². The van der Waals surface area contributed by atoms with Crippen LogP contribution in [0.25, 0.3) is 10.9 Å². The van der Waals surface area contributed by atoms with E-state index >= 15 is 0 Å². The van der Waals surface area contributed by atoms with Crippen LogP contribution in [0.2, 0.25) is 0 Å². The van der Waals surface area contributed by atoms with E-state index in [9.17, 15) is 14.9 Å². The number of aryl methyl sites for hydroxylation is 1. The number of hydrogen-bond donors (Lipinski definition) is 1. The Kier molecular flexibility index (Phi) is 2.55. The molecule has 0 bridgehead atoms. The van der Waals surface area contributed by atoms with Crippen molar-refractivity contribution in [2.24, 2.45) is 12.8 Å². The van der Waals surface area contributed by atoms with Gasteiger partial charge in [-0.3, -0.25) is 14.9 Å². The minimum absolute atomic E-state index is 0.0318. The molecule has 6 nitrogen and oxygen atoms in total. The number of amides is 1. The Morgan fingerprint density at radius 1 is 1.53 bits per heavy atom. The number of hydrogen-bond acceptors (Lipinski definition) is 3. The number of rotatable bonds is 3. The molecule has 2 aromatic rings. The highest BCUT2D eigenvalue weighted by atomic mass is 16.6. The third-order valence-electron chi connectivity index (χ3n) is 2.63. The average molecular weight is 233 g/mol. The summed E-state index contributed by atoms with van der Waals surface area (Å²) >= 11 is 0. The monoisotopic (exact) mass is 233 g/mol. The van der Waals surface area contributed by atoms with Gasteiger partial charge in [0.2, 0.25) is 5.91 Å². The zero-order valence-electron chi connectivity index (χ0n) is 9.21. The van der Waals surface area contributed by atoms with Crippen molar-refractivity contribution in [1.82, 2.24) is 4.57 Å². The molecular weight excluding hydrogens is 222 g/mol. The summed E-state index contributed by atoms with van der Waals surface area (Å²) in [6.45, 7) is 0. The standard InChI is InChI=1S/C11H11N3O3/c1-13-6-7(4-11(12)15)9-3-2-8(14(16)17)5-10(9)13/h2-3,5-6H,4H2,1H3,(H2,12,15). The highest BCUT2D eigenvalue weighted by Gasteiger charge is 2.12. The predicted molar refractivity (Wildman–Crippen MR) is 62.5 cm³/mol. The number of primary amides is 1. The largest absolute Gasteiger partial charge is 0.369 e. The molecule has 0 aliphatic rings. The van der Waals surface area contributed by atoms with Gasteiger partial charge in [-0.15, -0.1) is 0 Å².